The van der Waals surface area contributed by atoms with Gasteiger partial charge in [0.25, 0.3) is 0 Å². The summed E-state index contributed by atoms with van der Waals surface area (Å²) >= 11 is 6.18. The van der Waals surface area contributed by atoms with Crippen LogP contribution >= 0.6 is 11.6 Å². The van der Waals surface area contributed by atoms with Crippen molar-refractivity contribution >= 4 is 11.6 Å². The molecule has 0 radical (unpaired) electrons. The molecule has 2 aliphatic rings. The Morgan fingerprint density at radius 3 is 2.47 bits per heavy atom. The second-order valence-corrected chi connectivity index (χ2v) is 9.08. The lowest BCUT2D eigenvalue weighted by molar-refractivity contribution is 0.141. The number of benzene rings is 2. The normalized spacial score (nSPS) is 19.8. The third kappa shape index (κ3) is 3.52. The van der Waals surface area contributed by atoms with Crippen LogP contribution in [0.3, 0.4) is 0 Å². The van der Waals surface area contributed by atoms with Crippen LogP contribution in [0.25, 0.3) is 16.9 Å². The van der Waals surface area contributed by atoms with E-state index in [1.165, 1.54) is 42.9 Å². The number of nitrogens with zero attached hydrogens (tertiary/aromatic N) is 3. The van der Waals surface area contributed by atoms with Gasteiger partial charge in [0, 0.05) is 28.6 Å². The molecule has 4 nitrogen and oxygen atoms in total. The minimum atomic E-state index is 0.563. The fraction of sp³-hybridized carbons (Fsp3) is 0.400. The predicted molar refractivity (Wildman–Crippen MR) is 122 cm³/mol. The zero-order valence-electron chi connectivity index (χ0n) is 17.6. The summed E-state index contributed by atoms with van der Waals surface area (Å²) in [6, 6.07) is 16.8. The zero-order chi connectivity index (χ0) is 20.7. The van der Waals surface area contributed by atoms with Crippen molar-refractivity contribution in [2.75, 3.05) is 20.2 Å². The average molecular weight is 422 g/mol. The molecule has 5 rings (SSSR count). The Kier molecular flexibility index (Phi) is 5.30. The number of halogens is 1. The van der Waals surface area contributed by atoms with E-state index in [-0.39, 0.29) is 0 Å². The lowest BCUT2D eigenvalue weighted by Crippen LogP contribution is -2.41. The molecule has 1 saturated heterocycles. The molecule has 1 aromatic heterocycles. The molecule has 1 aliphatic heterocycles. The van der Waals surface area contributed by atoms with Gasteiger partial charge < -0.3 is 4.74 Å². The fourth-order valence-electron chi connectivity index (χ4n) is 4.94. The van der Waals surface area contributed by atoms with Gasteiger partial charge in [-0.25, -0.2) is 4.68 Å². The van der Waals surface area contributed by atoms with E-state index < -0.39 is 0 Å². The number of rotatable bonds is 4. The van der Waals surface area contributed by atoms with Gasteiger partial charge in [-0.1, -0.05) is 42.8 Å². The second-order valence-electron chi connectivity index (χ2n) is 8.64. The first kappa shape index (κ1) is 19.7. The van der Waals surface area contributed by atoms with Crippen LogP contribution in [0.15, 0.2) is 48.5 Å². The van der Waals surface area contributed by atoms with Crippen LogP contribution in [0, 0.1) is 5.92 Å². The first-order valence-electron chi connectivity index (χ1n) is 10.9. The van der Waals surface area contributed by atoms with Crippen molar-refractivity contribution < 1.29 is 4.74 Å². The van der Waals surface area contributed by atoms with Crippen molar-refractivity contribution in [2.45, 2.75) is 38.6 Å². The van der Waals surface area contributed by atoms with Crippen LogP contribution in [0.5, 0.6) is 5.75 Å². The van der Waals surface area contributed by atoms with Crippen LogP contribution in [-0.2, 0) is 12.8 Å². The van der Waals surface area contributed by atoms with Gasteiger partial charge in [0.1, 0.15) is 11.4 Å². The Hall–Kier alpha value is -2.30. The minimum Gasteiger partial charge on any atom is -0.494 e. The Labute approximate surface area is 183 Å². The van der Waals surface area contributed by atoms with Gasteiger partial charge in [-0.15, -0.1) is 0 Å². The van der Waals surface area contributed by atoms with E-state index in [0.29, 0.717) is 6.04 Å². The summed E-state index contributed by atoms with van der Waals surface area (Å²) in [7, 11) is 1.71. The highest BCUT2D eigenvalue weighted by Crippen LogP contribution is 2.38. The van der Waals surface area contributed by atoms with Gasteiger partial charge in [0.15, 0.2) is 0 Å². The lowest BCUT2D eigenvalue weighted by atomic mass is 9.97. The predicted octanol–water partition coefficient (Wildman–Crippen LogP) is 5.40. The molecule has 0 saturated carbocycles. The van der Waals surface area contributed by atoms with Crippen molar-refractivity contribution in [3.63, 3.8) is 0 Å². The standard InChI is InChI=1S/C25H28ClN3O/c1-17-11-13-28(14-12-17)20-15-21-22(16-20)27-29(23-5-3-4-6-24(23)30-2)25(21)18-7-9-19(26)10-8-18/h3-10,17,20H,11-16H2,1-2H3. The highest BCUT2D eigenvalue weighted by atomic mass is 35.5. The van der Waals surface area contributed by atoms with Crippen LogP contribution in [0.4, 0.5) is 0 Å². The van der Waals surface area contributed by atoms with E-state index in [1.54, 1.807) is 7.11 Å². The summed E-state index contributed by atoms with van der Waals surface area (Å²) in [4.78, 5) is 2.68. The summed E-state index contributed by atoms with van der Waals surface area (Å²) < 4.78 is 7.72. The van der Waals surface area contributed by atoms with Crippen molar-refractivity contribution in [3.8, 4) is 22.7 Å². The summed E-state index contributed by atoms with van der Waals surface area (Å²) in [6.45, 7) is 4.79. The highest BCUT2D eigenvalue weighted by molar-refractivity contribution is 6.30. The lowest BCUT2D eigenvalue weighted by Gasteiger charge is -2.34. The number of ether oxygens (including phenoxy) is 1. The number of hydrogen-bond donors (Lipinski definition) is 0. The maximum Gasteiger partial charge on any atom is 0.144 e. The SMILES string of the molecule is COc1ccccc1-n1nc2c(c1-c1ccc(Cl)cc1)CC(N1CCC(C)CC1)C2. The number of aromatic nitrogens is 2. The van der Waals surface area contributed by atoms with E-state index in [1.807, 2.05) is 30.3 Å². The third-order valence-electron chi connectivity index (χ3n) is 6.70. The molecule has 1 aliphatic carbocycles. The van der Waals surface area contributed by atoms with Crippen LogP contribution < -0.4 is 4.74 Å². The number of fused-ring (bicyclic) bond motifs is 1. The first-order chi connectivity index (χ1) is 14.6. The molecule has 5 heteroatoms. The molecule has 30 heavy (non-hydrogen) atoms. The summed E-state index contributed by atoms with van der Waals surface area (Å²) in [5.41, 5.74) is 5.87. The molecule has 156 valence electrons. The third-order valence-corrected chi connectivity index (χ3v) is 6.95. The van der Waals surface area contributed by atoms with Crippen molar-refractivity contribution in [3.05, 3.63) is 64.8 Å². The molecule has 2 aromatic carbocycles. The molecule has 3 aromatic rings. The van der Waals surface area contributed by atoms with Crippen LogP contribution in [-0.4, -0.2) is 40.9 Å². The molecule has 2 heterocycles. The number of para-hydroxylation sites is 2. The number of hydrogen-bond acceptors (Lipinski definition) is 3. The molecular formula is C25H28ClN3O. The Morgan fingerprint density at radius 2 is 1.73 bits per heavy atom. The smallest absolute Gasteiger partial charge is 0.144 e. The molecule has 0 N–H and O–H groups in total. The molecule has 1 unspecified atom stereocenters. The zero-order valence-corrected chi connectivity index (χ0v) is 18.4. The maximum atomic E-state index is 6.18. The van der Waals surface area contributed by atoms with Crippen molar-refractivity contribution in [2.24, 2.45) is 5.92 Å². The van der Waals surface area contributed by atoms with E-state index in [4.69, 9.17) is 21.4 Å². The average Bonchev–Trinajstić information content (AvgIpc) is 3.33. The van der Waals surface area contributed by atoms with Gasteiger partial charge in [-0.3, -0.25) is 4.90 Å². The monoisotopic (exact) mass is 421 g/mol. The Balaban J connectivity index is 1.56. The summed E-state index contributed by atoms with van der Waals surface area (Å²) in [5, 5.41) is 5.85. The topological polar surface area (TPSA) is 30.3 Å². The van der Waals surface area contributed by atoms with E-state index in [0.717, 1.165) is 40.8 Å². The maximum absolute atomic E-state index is 6.18. The van der Waals surface area contributed by atoms with Gasteiger partial charge in [0.2, 0.25) is 0 Å². The molecule has 1 fully saturated rings. The van der Waals surface area contributed by atoms with Crippen LogP contribution in [0.2, 0.25) is 5.02 Å². The molecule has 0 amide bonds. The number of piperidine rings is 1. The second kappa shape index (κ2) is 8.09. The summed E-state index contributed by atoms with van der Waals surface area (Å²) in [6.07, 6.45) is 4.68. The Morgan fingerprint density at radius 1 is 1.00 bits per heavy atom. The first-order valence-corrected chi connectivity index (χ1v) is 11.3. The van der Waals surface area contributed by atoms with Crippen LogP contribution in [0.1, 0.15) is 31.0 Å². The largest absolute Gasteiger partial charge is 0.494 e. The van der Waals surface area contributed by atoms with E-state index >= 15 is 0 Å². The highest BCUT2D eigenvalue weighted by Gasteiger charge is 2.34. The van der Waals surface area contributed by atoms with Crippen molar-refractivity contribution in [1.82, 2.24) is 14.7 Å². The fourth-order valence-corrected chi connectivity index (χ4v) is 5.07. The van der Waals surface area contributed by atoms with Gasteiger partial charge in [-0.05, 0) is 62.5 Å². The van der Waals surface area contributed by atoms with Gasteiger partial charge in [-0.2, -0.15) is 5.10 Å². The summed E-state index contributed by atoms with van der Waals surface area (Å²) in [5.74, 6) is 1.68. The number of methoxy groups -OCH3 is 1. The molecule has 0 bridgehead atoms. The number of likely N-dealkylation sites (tertiary alicyclic amines) is 1. The quantitative estimate of drug-likeness (QED) is 0.565. The molecular weight excluding hydrogens is 394 g/mol. The van der Waals surface area contributed by atoms with E-state index in [2.05, 4.69) is 34.7 Å². The minimum absolute atomic E-state index is 0.563. The van der Waals surface area contributed by atoms with Gasteiger partial charge in [0.05, 0.1) is 18.5 Å². The Bertz CT molecular complexity index is 1040. The van der Waals surface area contributed by atoms with Gasteiger partial charge >= 0.3 is 0 Å². The van der Waals surface area contributed by atoms with E-state index in [9.17, 15) is 0 Å². The molecule has 0 spiro atoms. The molecule has 1 atom stereocenters. The van der Waals surface area contributed by atoms with Crippen molar-refractivity contribution in [1.29, 1.82) is 0 Å².